The maximum atomic E-state index is 6.54. The number of hydrogen-bond acceptors (Lipinski definition) is 4. The van der Waals surface area contributed by atoms with Gasteiger partial charge in [0.25, 0.3) is 0 Å². The Morgan fingerprint density at radius 3 is 2.50 bits per heavy atom. The molecule has 0 amide bonds. The van der Waals surface area contributed by atoms with E-state index in [1.165, 1.54) is 0 Å². The van der Waals surface area contributed by atoms with Crippen molar-refractivity contribution in [3.05, 3.63) is 67.6 Å². The highest BCUT2D eigenvalue weighted by atomic mass is 79.9. The summed E-state index contributed by atoms with van der Waals surface area (Å²) in [5.41, 5.74) is 4.59. The number of hydrogen-bond donors (Lipinski definition) is 0. The van der Waals surface area contributed by atoms with Gasteiger partial charge in [0.05, 0.1) is 16.4 Å². The fourth-order valence-corrected chi connectivity index (χ4v) is 4.95. The van der Waals surface area contributed by atoms with E-state index in [9.17, 15) is 0 Å². The van der Waals surface area contributed by atoms with Crippen molar-refractivity contribution in [2.75, 3.05) is 0 Å². The molecular weight excluding hydrogens is 503 g/mol. The van der Waals surface area contributed by atoms with E-state index in [1.807, 2.05) is 28.9 Å². The first-order valence-electron chi connectivity index (χ1n) is 9.53. The number of aromatic nitrogens is 4. The van der Waals surface area contributed by atoms with Crippen molar-refractivity contribution in [2.24, 2.45) is 0 Å². The molecule has 2 aromatic heterocycles. The Morgan fingerprint density at radius 2 is 1.83 bits per heavy atom. The van der Waals surface area contributed by atoms with Crippen LogP contribution in [0.25, 0.3) is 27.6 Å². The molecule has 1 atom stereocenters. The van der Waals surface area contributed by atoms with Crippen LogP contribution in [0.3, 0.4) is 0 Å². The number of benzene rings is 2. The number of nitrogens with zero attached hydrogens (tertiary/aromatic N) is 4. The normalized spacial score (nSPS) is 12.3. The van der Waals surface area contributed by atoms with Crippen molar-refractivity contribution in [1.29, 1.82) is 0 Å². The summed E-state index contributed by atoms with van der Waals surface area (Å²) in [6.07, 6.45) is 1.02. The fraction of sp³-hybridized carbons (Fsp3) is 0.227. The SMILES string of the molecule is CCC(C)c1nnc(-c2nn(-c3ccc(Cl)cc3Cl)c(-c3ccc(Br)cc3)c2C)s1. The lowest BCUT2D eigenvalue weighted by Crippen LogP contribution is -2.00. The molecule has 8 heteroatoms. The molecule has 1 unspecified atom stereocenters. The second-order valence-electron chi connectivity index (χ2n) is 7.09. The van der Waals surface area contributed by atoms with E-state index in [1.54, 1.807) is 17.4 Å². The van der Waals surface area contributed by atoms with Gasteiger partial charge in [0.1, 0.15) is 10.7 Å². The predicted octanol–water partition coefficient (Wildman–Crippen LogP) is 7.95. The average Bonchev–Trinajstić information content (AvgIpc) is 3.33. The summed E-state index contributed by atoms with van der Waals surface area (Å²) < 4.78 is 2.89. The summed E-state index contributed by atoms with van der Waals surface area (Å²) in [5.74, 6) is 0.371. The average molecular weight is 522 g/mol. The second-order valence-corrected chi connectivity index (χ2v) is 9.86. The van der Waals surface area contributed by atoms with Crippen LogP contribution in [0.1, 0.15) is 36.8 Å². The monoisotopic (exact) mass is 520 g/mol. The Kier molecular flexibility index (Phi) is 6.30. The van der Waals surface area contributed by atoms with Gasteiger partial charge in [-0.2, -0.15) is 5.10 Å². The summed E-state index contributed by atoms with van der Waals surface area (Å²) in [7, 11) is 0. The van der Waals surface area contributed by atoms with Gasteiger partial charge >= 0.3 is 0 Å². The third kappa shape index (κ3) is 4.06. The quantitative estimate of drug-likeness (QED) is 0.267. The molecule has 0 radical (unpaired) electrons. The smallest absolute Gasteiger partial charge is 0.168 e. The molecule has 0 N–H and O–H groups in total. The van der Waals surface area contributed by atoms with Gasteiger partial charge in [-0.1, -0.05) is 76.4 Å². The Labute approximate surface area is 198 Å². The van der Waals surface area contributed by atoms with Crippen LogP contribution in [0.4, 0.5) is 0 Å². The lowest BCUT2D eigenvalue weighted by molar-refractivity contribution is 0.715. The van der Waals surface area contributed by atoms with E-state index >= 15 is 0 Å². The first-order valence-corrected chi connectivity index (χ1v) is 11.9. The van der Waals surface area contributed by atoms with Crippen molar-refractivity contribution >= 4 is 50.5 Å². The first-order chi connectivity index (χ1) is 14.4. The highest BCUT2D eigenvalue weighted by molar-refractivity contribution is 9.10. The molecule has 4 aromatic rings. The lowest BCUT2D eigenvalue weighted by Gasteiger charge is -2.11. The molecule has 2 aromatic carbocycles. The van der Waals surface area contributed by atoms with Crippen LogP contribution in [0.5, 0.6) is 0 Å². The van der Waals surface area contributed by atoms with Gasteiger partial charge in [0.2, 0.25) is 0 Å². The Balaban J connectivity index is 1.93. The maximum absolute atomic E-state index is 6.54. The van der Waals surface area contributed by atoms with Crippen LogP contribution in [-0.2, 0) is 0 Å². The van der Waals surface area contributed by atoms with Crippen LogP contribution in [0.2, 0.25) is 10.0 Å². The minimum absolute atomic E-state index is 0.371. The molecule has 30 heavy (non-hydrogen) atoms. The summed E-state index contributed by atoms with van der Waals surface area (Å²) in [6, 6.07) is 13.6. The summed E-state index contributed by atoms with van der Waals surface area (Å²) >= 11 is 17.8. The van der Waals surface area contributed by atoms with E-state index in [2.05, 4.69) is 59.0 Å². The zero-order valence-electron chi connectivity index (χ0n) is 16.7. The molecule has 0 saturated heterocycles. The van der Waals surface area contributed by atoms with Crippen LogP contribution in [0.15, 0.2) is 46.9 Å². The van der Waals surface area contributed by atoms with Gasteiger partial charge in [-0.15, -0.1) is 10.2 Å². The highest BCUT2D eigenvalue weighted by Crippen LogP contribution is 2.38. The molecule has 4 rings (SSSR count). The van der Waals surface area contributed by atoms with Gasteiger partial charge in [-0.3, -0.25) is 0 Å². The summed E-state index contributed by atoms with van der Waals surface area (Å²) in [6.45, 7) is 6.38. The zero-order valence-corrected chi connectivity index (χ0v) is 20.6. The topological polar surface area (TPSA) is 43.6 Å². The Morgan fingerprint density at radius 1 is 1.10 bits per heavy atom. The molecule has 0 spiro atoms. The van der Waals surface area contributed by atoms with Gasteiger partial charge in [-0.25, -0.2) is 4.68 Å². The van der Waals surface area contributed by atoms with Crippen LogP contribution in [0, 0.1) is 6.92 Å². The van der Waals surface area contributed by atoms with E-state index in [4.69, 9.17) is 28.3 Å². The largest absolute Gasteiger partial charge is 0.231 e. The van der Waals surface area contributed by atoms with E-state index in [0.717, 1.165) is 49.1 Å². The molecule has 0 aliphatic rings. The van der Waals surface area contributed by atoms with Crippen LogP contribution < -0.4 is 0 Å². The number of halogens is 3. The number of rotatable bonds is 5. The van der Waals surface area contributed by atoms with E-state index < -0.39 is 0 Å². The van der Waals surface area contributed by atoms with Gasteiger partial charge in [0, 0.05) is 26.5 Å². The first kappa shape index (κ1) is 21.5. The molecule has 0 aliphatic heterocycles. The molecule has 2 heterocycles. The van der Waals surface area contributed by atoms with Gasteiger partial charge in [-0.05, 0) is 43.7 Å². The molecule has 0 fully saturated rings. The van der Waals surface area contributed by atoms with Crippen LogP contribution in [-0.4, -0.2) is 20.0 Å². The van der Waals surface area contributed by atoms with Crippen molar-refractivity contribution in [3.8, 4) is 27.6 Å². The Bertz CT molecular complexity index is 1200. The van der Waals surface area contributed by atoms with Crippen molar-refractivity contribution in [2.45, 2.75) is 33.1 Å². The second kappa shape index (κ2) is 8.79. The fourth-order valence-electron chi connectivity index (χ4n) is 3.18. The molecule has 0 bridgehead atoms. The van der Waals surface area contributed by atoms with Crippen molar-refractivity contribution in [1.82, 2.24) is 20.0 Å². The van der Waals surface area contributed by atoms with E-state index in [0.29, 0.717) is 16.0 Å². The minimum Gasteiger partial charge on any atom is -0.231 e. The maximum Gasteiger partial charge on any atom is 0.168 e. The molecule has 154 valence electrons. The van der Waals surface area contributed by atoms with Crippen molar-refractivity contribution < 1.29 is 0 Å². The Hall–Kier alpha value is -1.73. The standard InChI is InChI=1S/C22H19BrCl2N4S/c1-4-12(2)21-26-27-22(30-21)19-13(3)20(14-5-7-15(23)8-6-14)29(28-19)18-10-9-16(24)11-17(18)25/h5-12H,4H2,1-3H3. The lowest BCUT2D eigenvalue weighted by atomic mass is 10.1. The van der Waals surface area contributed by atoms with Gasteiger partial charge < -0.3 is 0 Å². The summed E-state index contributed by atoms with van der Waals surface area (Å²) in [4.78, 5) is 0. The molecule has 0 saturated carbocycles. The van der Waals surface area contributed by atoms with Gasteiger partial charge in [0.15, 0.2) is 5.01 Å². The summed E-state index contributed by atoms with van der Waals surface area (Å²) in [5, 5.41) is 16.7. The molecule has 4 nitrogen and oxygen atoms in total. The zero-order chi connectivity index (χ0) is 21.4. The molecule has 0 aliphatic carbocycles. The minimum atomic E-state index is 0.371. The predicted molar refractivity (Wildman–Crippen MR) is 129 cm³/mol. The third-order valence-electron chi connectivity index (χ3n) is 5.05. The highest BCUT2D eigenvalue weighted by Gasteiger charge is 2.23. The third-order valence-corrected chi connectivity index (χ3v) is 7.28. The van der Waals surface area contributed by atoms with Crippen LogP contribution >= 0.6 is 50.5 Å². The molecular formula is C22H19BrCl2N4S. The van der Waals surface area contributed by atoms with E-state index in [-0.39, 0.29) is 0 Å². The van der Waals surface area contributed by atoms with Crippen molar-refractivity contribution in [3.63, 3.8) is 0 Å².